The molecule has 0 saturated carbocycles. The average Bonchev–Trinajstić information content (AvgIpc) is 3.68. The monoisotopic (exact) mass is 569 g/mol. The highest BCUT2D eigenvalue weighted by atomic mass is 16.8. The highest BCUT2D eigenvalue weighted by Crippen LogP contribution is 2.48. The first-order valence-corrected chi connectivity index (χ1v) is 14.2. The van der Waals surface area contributed by atoms with Gasteiger partial charge in [0.25, 0.3) is 0 Å². The van der Waals surface area contributed by atoms with Gasteiger partial charge in [0.15, 0.2) is 5.79 Å². The van der Waals surface area contributed by atoms with Gasteiger partial charge in [-0.1, -0.05) is 91.0 Å². The van der Waals surface area contributed by atoms with Crippen LogP contribution in [0.1, 0.15) is 49.1 Å². The van der Waals surface area contributed by atoms with E-state index in [2.05, 4.69) is 51.9 Å². The zero-order valence-corrected chi connectivity index (χ0v) is 23.9. The Kier molecular flexibility index (Phi) is 7.83. The van der Waals surface area contributed by atoms with E-state index in [-0.39, 0.29) is 13.2 Å². The Morgan fingerprint density at radius 1 is 0.905 bits per heavy atom. The summed E-state index contributed by atoms with van der Waals surface area (Å²) in [6.45, 7) is 5.96. The van der Waals surface area contributed by atoms with Gasteiger partial charge in [0.05, 0.1) is 19.4 Å². The summed E-state index contributed by atoms with van der Waals surface area (Å²) < 4.78 is 31.5. The van der Waals surface area contributed by atoms with Crippen molar-refractivity contribution >= 4 is 11.9 Å². The maximum Gasteiger partial charge on any atom is 0.412 e. The summed E-state index contributed by atoms with van der Waals surface area (Å²) in [4.78, 5) is 12.2. The minimum absolute atomic E-state index is 0.203. The lowest BCUT2D eigenvalue weighted by molar-refractivity contribution is -0.196. The summed E-state index contributed by atoms with van der Waals surface area (Å²) in [5, 5.41) is 9.71. The molecule has 3 aromatic carbocycles. The van der Waals surface area contributed by atoms with Gasteiger partial charge in [-0.2, -0.15) is 5.10 Å². The van der Waals surface area contributed by atoms with E-state index in [1.807, 2.05) is 68.4 Å². The van der Waals surface area contributed by atoms with Crippen LogP contribution in [0.25, 0.3) is 0 Å². The Bertz CT molecular complexity index is 1380. The van der Waals surface area contributed by atoms with E-state index < -0.39 is 41.9 Å². The number of aromatic nitrogens is 2. The number of ether oxygens (including phenoxy) is 5. The molecule has 0 spiro atoms. The smallest absolute Gasteiger partial charge is 0.412 e. The SMILES string of the molecule is CCOC(=O)Nc1[nH]ncc1[C@@H]1O[C@H](COC(c2ccccc2)(c2ccccc2)c2ccccc2)[C@H]2OC(C)(C)O[C@H]21. The van der Waals surface area contributed by atoms with Gasteiger partial charge in [-0.15, -0.1) is 0 Å². The van der Waals surface area contributed by atoms with Gasteiger partial charge in [-0.05, 0) is 37.5 Å². The molecule has 0 bridgehead atoms. The fourth-order valence-corrected chi connectivity index (χ4v) is 5.92. The lowest BCUT2D eigenvalue weighted by Crippen LogP contribution is -2.39. The van der Waals surface area contributed by atoms with Crippen molar-refractivity contribution in [1.29, 1.82) is 0 Å². The topological polar surface area (TPSA) is 104 Å². The van der Waals surface area contributed by atoms with Crippen molar-refractivity contribution in [3.8, 4) is 0 Å². The molecule has 0 radical (unpaired) electrons. The lowest BCUT2D eigenvalue weighted by atomic mass is 9.80. The Morgan fingerprint density at radius 3 is 2.00 bits per heavy atom. The van der Waals surface area contributed by atoms with E-state index in [0.717, 1.165) is 16.7 Å². The van der Waals surface area contributed by atoms with Gasteiger partial charge in [-0.3, -0.25) is 10.4 Å². The van der Waals surface area contributed by atoms with Crippen LogP contribution in [0.4, 0.5) is 10.6 Å². The molecule has 9 heteroatoms. The van der Waals surface area contributed by atoms with Gasteiger partial charge < -0.3 is 23.7 Å². The predicted octanol–water partition coefficient (Wildman–Crippen LogP) is 5.95. The number of hydrogen-bond donors (Lipinski definition) is 2. The summed E-state index contributed by atoms with van der Waals surface area (Å²) in [5.74, 6) is -0.442. The molecule has 9 nitrogen and oxygen atoms in total. The molecule has 4 aromatic rings. The van der Waals surface area contributed by atoms with Crippen LogP contribution in [0, 0.1) is 0 Å². The second-order valence-corrected chi connectivity index (χ2v) is 10.8. The number of H-pyrrole nitrogens is 1. The van der Waals surface area contributed by atoms with E-state index in [0.29, 0.717) is 11.4 Å². The Labute approximate surface area is 245 Å². The number of benzene rings is 3. The molecular formula is C33H35N3O6. The van der Waals surface area contributed by atoms with Crippen molar-refractivity contribution in [3.05, 3.63) is 119 Å². The van der Waals surface area contributed by atoms with Gasteiger partial charge in [-0.25, -0.2) is 4.79 Å². The van der Waals surface area contributed by atoms with Crippen molar-refractivity contribution in [2.75, 3.05) is 18.5 Å². The summed E-state index contributed by atoms with van der Waals surface area (Å²) in [7, 11) is 0. The molecule has 4 atom stereocenters. The Morgan fingerprint density at radius 2 is 1.45 bits per heavy atom. The minimum atomic E-state index is -0.915. The van der Waals surface area contributed by atoms with Crippen LogP contribution in [-0.4, -0.2) is 53.6 Å². The third-order valence-corrected chi connectivity index (χ3v) is 7.63. The first-order chi connectivity index (χ1) is 20.4. The van der Waals surface area contributed by atoms with E-state index in [1.165, 1.54) is 0 Å². The number of hydrogen-bond acceptors (Lipinski definition) is 7. The van der Waals surface area contributed by atoms with E-state index in [4.69, 9.17) is 23.7 Å². The lowest BCUT2D eigenvalue weighted by Gasteiger charge is -2.37. The van der Waals surface area contributed by atoms with Crippen molar-refractivity contribution in [1.82, 2.24) is 10.2 Å². The first kappa shape index (κ1) is 28.1. The van der Waals surface area contributed by atoms with Crippen molar-refractivity contribution in [2.24, 2.45) is 0 Å². The summed E-state index contributed by atoms with van der Waals surface area (Å²) in [5.41, 5.74) is 2.71. The zero-order chi connectivity index (χ0) is 29.2. The minimum Gasteiger partial charge on any atom is -0.450 e. The number of fused-ring (bicyclic) bond motifs is 1. The second-order valence-electron chi connectivity index (χ2n) is 10.8. The van der Waals surface area contributed by atoms with E-state index in [9.17, 15) is 4.79 Å². The molecule has 0 unspecified atom stereocenters. The number of nitrogens with one attached hydrogen (secondary N) is 2. The standard InChI is InChI=1S/C33H35N3O6/c1-4-38-31(37)35-30-25(20-34-36-30)27-29-28(41-32(2,3)42-29)26(40-27)21-39-33(22-14-8-5-9-15-22,23-16-10-6-11-17-23)24-18-12-7-13-19-24/h5-20,26-29H,4,21H2,1-3H3,(H2,34,35,36,37)/t26-,27+,28-,29+/m1/s1. The van der Waals surface area contributed by atoms with Crippen molar-refractivity contribution < 1.29 is 28.5 Å². The third-order valence-electron chi connectivity index (χ3n) is 7.63. The largest absolute Gasteiger partial charge is 0.450 e. The van der Waals surface area contributed by atoms with Crippen LogP contribution in [0.15, 0.2) is 97.2 Å². The van der Waals surface area contributed by atoms with Crippen molar-refractivity contribution in [2.45, 2.75) is 56.6 Å². The van der Waals surface area contributed by atoms with Crippen LogP contribution in [-0.2, 0) is 29.3 Å². The predicted molar refractivity (Wildman–Crippen MR) is 156 cm³/mol. The number of carbonyl (C=O) groups is 1. The zero-order valence-electron chi connectivity index (χ0n) is 23.9. The Hall–Kier alpha value is -4.02. The molecule has 2 aliphatic rings. The molecule has 6 rings (SSSR count). The molecular weight excluding hydrogens is 534 g/mol. The second kappa shape index (κ2) is 11.7. The highest BCUT2D eigenvalue weighted by Gasteiger charge is 2.57. The molecule has 2 fully saturated rings. The summed E-state index contributed by atoms with van der Waals surface area (Å²) in [6, 6.07) is 30.6. The number of rotatable bonds is 9. The molecule has 0 aliphatic carbocycles. The number of carbonyl (C=O) groups excluding carboxylic acids is 1. The van der Waals surface area contributed by atoms with E-state index >= 15 is 0 Å². The van der Waals surface area contributed by atoms with Crippen molar-refractivity contribution in [3.63, 3.8) is 0 Å². The quantitative estimate of drug-likeness (QED) is 0.240. The molecule has 42 heavy (non-hydrogen) atoms. The van der Waals surface area contributed by atoms with Crippen LogP contribution in [0.3, 0.4) is 0 Å². The molecule has 2 saturated heterocycles. The maximum absolute atomic E-state index is 12.2. The molecule has 2 N–H and O–H groups in total. The van der Waals surface area contributed by atoms with Gasteiger partial charge >= 0.3 is 6.09 Å². The number of anilines is 1. The molecule has 3 heterocycles. The highest BCUT2D eigenvalue weighted by molar-refractivity contribution is 5.84. The number of nitrogens with zero attached hydrogens (tertiary/aromatic N) is 1. The fourth-order valence-electron chi connectivity index (χ4n) is 5.92. The summed E-state index contributed by atoms with van der Waals surface area (Å²) in [6.07, 6.45) is -0.879. The van der Waals surface area contributed by atoms with Gasteiger partial charge in [0.1, 0.15) is 35.8 Å². The normalized spacial score (nSPS) is 22.9. The van der Waals surface area contributed by atoms with Crippen LogP contribution < -0.4 is 5.32 Å². The fraction of sp³-hybridized carbons (Fsp3) is 0.333. The Balaban J connectivity index is 1.35. The maximum atomic E-state index is 12.2. The number of aromatic amines is 1. The molecule has 2 aliphatic heterocycles. The molecule has 1 aromatic heterocycles. The van der Waals surface area contributed by atoms with Crippen LogP contribution in [0.5, 0.6) is 0 Å². The third kappa shape index (κ3) is 5.32. The average molecular weight is 570 g/mol. The summed E-state index contributed by atoms with van der Waals surface area (Å²) >= 11 is 0. The van der Waals surface area contributed by atoms with E-state index in [1.54, 1.807) is 13.1 Å². The first-order valence-electron chi connectivity index (χ1n) is 14.2. The number of amides is 1. The van der Waals surface area contributed by atoms with Gasteiger partial charge in [0, 0.05) is 5.56 Å². The van der Waals surface area contributed by atoms with Crippen LogP contribution >= 0.6 is 0 Å². The molecule has 1 amide bonds. The van der Waals surface area contributed by atoms with Gasteiger partial charge in [0.2, 0.25) is 0 Å². The molecule has 218 valence electrons. The van der Waals surface area contributed by atoms with Crippen LogP contribution in [0.2, 0.25) is 0 Å².